The molecule has 3 unspecified atom stereocenters. The van der Waals surface area contributed by atoms with Crippen LogP contribution in [-0.4, -0.2) is 88.8 Å². The van der Waals surface area contributed by atoms with Gasteiger partial charge in [0.1, 0.15) is 0 Å². The minimum atomic E-state index is -0.0776. The van der Waals surface area contributed by atoms with Gasteiger partial charge in [0.15, 0.2) is 0 Å². The van der Waals surface area contributed by atoms with Crippen molar-refractivity contribution in [3.8, 4) is 0 Å². The van der Waals surface area contributed by atoms with Crippen molar-refractivity contribution in [3.05, 3.63) is 41.8 Å². The van der Waals surface area contributed by atoms with Crippen molar-refractivity contribution in [2.24, 2.45) is 4.99 Å². The number of rotatable bonds is 4. The van der Waals surface area contributed by atoms with Crippen LogP contribution in [0.15, 0.2) is 41.2 Å². The molecular weight excluding hydrogens is 372 g/mol. The first-order valence-electron chi connectivity index (χ1n) is 9.62. The molecule has 0 N–H and O–H groups in total. The molecule has 1 amide bonds. The van der Waals surface area contributed by atoms with Gasteiger partial charge in [-0.2, -0.15) is 0 Å². The third kappa shape index (κ3) is 3.84. The van der Waals surface area contributed by atoms with Crippen LogP contribution in [0, 0.1) is 0 Å². The Labute approximate surface area is 170 Å². The van der Waals surface area contributed by atoms with E-state index in [1.165, 1.54) is 10.5 Å². The van der Waals surface area contributed by atoms with Gasteiger partial charge in [-0.05, 0) is 12.5 Å². The number of carbonyl (C=O) groups is 1. The second kappa shape index (κ2) is 8.05. The van der Waals surface area contributed by atoms with Crippen LogP contribution < -0.4 is 4.90 Å². The molecule has 148 valence electrons. The molecule has 7 nitrogen and oxygen atoms in total. The summed E-state index contributed by atoms with van der Waals surface area (Å²) >= 11 is 1.80. The molecule has 1 saturated heterocycles. The van der Waals surface area contributed by atoms with Crippen molar-refractivity contribution in [1.29, 1.82) is 0 Å². The van der Waals surface area contributed by atoms with Crippen LogP contribution in [0.1, 0.15) is 17.3 Å². The zero-order valence-corrected chi connectivity index (χ0v) is 17.3. The standard InChI is InChI=1S/C20H26N6OS/c1-14(15-4-5-18-17(10-15)23-13-28-18)25-6-8-26(9-7-25)20-21-11-16(12-22-20)19(27)24(2)3/h4-5,10-14,17-18H,6-9H2,1-3H3. The van der Waals surface area contributed by atoms with E-state index in [4.69, 9.17) is 0 Å². The molecule has 1 fully saturated rings. The highest BCUT2D eigenvalue weighted by Crippen LogP contribution is 2.30. The van der Waals surface area contributed by atoms with Gasteiger partial charge in [0.2, 0.25) is 5.95 Å². The minimum absolute atomic E-state index is 0.0776. The minimum Gasteiger partial charge on any atom is -0.345 e. The summed E-state index contributed by atoms with van der Waals surface area (Å²) < 4.78 is 0. The van der Waals surface area contributed by atoms with E-state index in [9.17, 15) is 4.79 Å². The second-order valence-corrected chi connectivity index (χ2v) is 8.57. The lowest BCUT2D eigenvalue weighted by Gasteiger charge is -2.39. The molecule has 3 atom stereocenters. The maximum atomic E-state index is 12.0. The van der Waals surface area contributed by atoms with Crippen LogP contribution in [0.5, 0.6) is 0 Å². The molecule has 0 spiro atoms. The number of amides is 1. The van der Waals surface area contributed by atoms with Crippen LogP contribution in [0.4, 0.5) is 5.95 Å². The van der Waals surface area contributed by atoms with E-state index in [2.05, 4.69) is 49.9 Å². The fourth-order valence-corrected chi connectivity index (χ4v) is 4.58. The Morgan fingerprint density at radius 3 is 2.61 bits per heavy atom. The molecule has 1 aromatic heterocycles. The maximum absolute atomic E-state index is 12.0. The largest absolute Gasteiger partial charge is 0.345 e. The summed E-state index contributed by atoms with van der Waals surface area (Å²) in [5, 5.41) is 0.479. The zero-order valence-electron chi connectivity index (χ0n) is 16.5. The third-order valence-electron chi connectivity index (χ3n) is 5.55. The summed E-state index contributed by atoms with van der Waals surface area (Å²) in [5.41, 5.74) is 3.85. The summed E-state index contributed by atoms with van der Waals surface area (Å²) in [4.78, 5) is 31.6. The van der Waals surface area contributed by atoms with Crippen molar-refractivity contribution in [3.63, 3.8) is 0 Å². The van der Waals surface area contributed by atoms with Gasteiger partial charge in [-0.15, -0.1) is 11.8 Å². The van der Waals surface area contributed by atoms with Gasteiger partial charge in [-0.3, -0.25) is 14.7 Å². The fourth-order valence-electron chi connectivity index (χ4n) is 3.75. The molecule has 8 heteroatoms. The molecule has 1 aromatic rings. The Bertz CT molecular complexity index is 810. The Hall–Kier alpha value is -2.19. The molecule has 0 radical (unpaired) electrons. The molecule has 0 bridgehead atoms. The third-order valence-corrected chi connectivity index (χ3v) is 6.54. The molecule has 1 aliphatic carbocycles. The van der Waals surface area contributed by atoms with Crippen LogP contribution in [0.25, 0.3) is 0 Å². The summed E-state index contributed by atoms with van der Waals surface area (Å²) in [6.45, 7) is 5.95. The van der Waals surface area contributed by atoms with Gasteiger partial charge in [-0.1, -0.05) is 18.2 Å². The predicted octanol–water partition coefficient (Wildman–Crippen LogP) is 1.70. The number of thioether (sulfide) groups is 1. The highest BCUT2D eigenvalue weighted by atomic mass is 32.2. The first kappa shape index (κ1) is 19.1. The van der Waals surface area contributed by atoms with Crippen molar-refractivity contribution < 1.29 is 4.79 Å². The van der Waals surface area contributed by atoms with Crippen LogP contribution in [0.3, 0.4) is 0 Å². The van der Waals surface area contributed by atoms with Crippen LogP contribution >= 0.6 is 11.8 Å². The molecule has 2 aliphatic heterocycles. The fraction of sp³-hybridized carbons (Fsp3) is 0.500. The Kier molecular flexibility index (Phi) is 5.50. The first-order valence-corrected chi connectivity index (χ1v) is 10.6. The maximum Gasteiger partial charge on any atom is 0.256 e. The highest BCUT2D eigenvalue weighted by Gasteiger charge is 2.29. The van der Waals surface area contributed by atoms with Crippen molar-refractivity contribution in [2.75, 3.05) is 45.2 Å². The van der Waals surface area contributed by atoms with Crippen molar-refractivity contribution in [1.82, 2.24) is 19.8 Å². The SMILES string of the molecule is CC(C1=CC2N=CSC2C=C1)N1CCN(c2ncc(C(=O)N(C)C)cn2)CC1. The molecular formula is C20H26N6OS. The number of hydrogen-bond donors (Lipinski definition) is 0. The lowest BCUT2D eigenvalue weighted by Crippen LogP contribution is -2.50. The lowest BCUT2D eigenvalue weighted by atomic mass is 9.96. The number of aromatic nitrogens is 2. The van der Waals surface area contributed by atoms with Gasteiger partial charge in [-0.25, -0.2) is 9.97 Å². The Balaban J connectivity index is 1.35. The molecule has 3 aliphatic rings. The van der Waals surface area contributed by atoms with Gasteiger partial charge < -0.3 is 9.80 Å². The summed E-state index contributed by atoms with van der Waals surface area (Å²) in [7, 11) is 3.46. The number of hydrogen-bond acceptors (Lipinski definition) is 7. The van der Waals surface area contributed by atoms with Gasteiger partial charge in [0.25, 0.3) is 5.91 Å². The summed E-state index contributed by atoms with van der Waals surface area (Å²) in [6, 6.07) is 0.673. The number of anilines is 1. The highest BCUT2D eigenvalue weighted by molar-refractivity contribution is 8.13. The lowest BCUT2D eigenvalue weighted by molar-refractivity contribution is 0.0827. The monoisotopic (exact) mass is 398 g/mol. The molecule has 28 heavy (non-hydrogen) atoms. The van der Waals surface area contributed by atoms with Gasteiger partial charge in [0, 0.05) is 58.7 Å². The van der Waals surface area contributed by atoms with E-state index in [0.717, 1.165) is 26.2 Å². The van der Waals surface area contributed by atoms with Crippen LogP contribution in [-0.2, 0) is 0 Å². The summed E-state index contributed by atoms with van der Waals surface area (Å²) in [6.07, 6.45) is 10.1. The number of piperazine rings is 1. The van der Waals surface area contributed by atoms with Gasteiger partial charge in [0.05, 0.1) is 22.4 Å². The molecule has 3 heterocycles. The average molecular weight is 399 g/mol. The predicted molar refractivity (Wildman–Crippen MR) is 114 cm³/mol. The van der Waals surface area contributed by atoms with Crippen molar-refractivity contribution in [2.45, 2.75) is 24.3 Å². The topological polar surface area (TPSA) is 64.9 Å². The van der Waals surface area contributed by atoms with Gasteiger partial charge >= 0.3 is 0 Å². The van der Waals surface area contributed by atoms with E-state index in [0.29, 0.717) is 28.8 Å². The Morgan fingerprint density at radius 1 is 1.21 bits per heavy atom. The van der Waals surface area contributed by atoms with E-state index < -0.39 is 0 Å². The number of aliphatic imine (C=N–C) groups is 1. The number of nitrogens with zero attached hydrogens (tertiary/aromatic N) is 6. The van der Waals surface area contributed by atoms with Crippen LogP contribution in [0.2, 0.25) is 0 Å². The number of carbonyl (C=O) groups excluding carboxylic acids is 1. The van der Waals surface area contributed by atoms with E-state index >= 15 is 0 Å². The molecule has 0 aromatic carbocycles. The van der Waals surface area contributed by atoms with Crippen molar-refractivity contribution >= 4 is 29.2 Å². The first-order chi connectivity index (χ1) is 13.5. The second-order valence-electron chi connectivity index (χ2n) is 7.54. The number of fused-ring (bicyclic) bond motifs is 1. The summed E-state index contributed by atoms with van der Waals surface area (Å²) in [5.74, 6) is 0.616. The van der Waals surface area contributed by atoms with E-state index in [-0.39, 0.29) is 5.91 Å². The smallest absolute Gasteiger partial charge is 0.256 e. The Morgan fingerprint density at radius 2 is 1.93 bits per heavy atom. The van der Waals surface area contributed by atoms with E-state index in [1.54, 1.807) is 38.3 Å². The van der Waals surface area contributed by atoms with E-state index in [1.807, 2.05) is 5.55 Å². The average Bonchev–Trinajstić information content (AvgIpc) is 3.21. The molecule has 0 saturated carbocycles. The molecule has 4 rings (SSSR count). The normalized spacial score (nSPS) is 25.4. The quantitative estimate of drug-likeness (QED) is 0.769. The zero-order chi connectivity index (χ0) is 19.7.